The van der Waals surface area contributed by atoms with Crippen LogP contribution in [-0.4, -0.2) is 63.1 Å². The van der Waals surface area contributed by atoms with Crippen LogP contribution in [0.15, 0.2) is 12.3 Å². The van der Waals surface area contributed by atoms with Gasteiger partial charge in [-0.3, -0.25) is 14.5 Å². The molecule has 1 aromatic rings. The molecule has 7 nitrogen and oxygen atoms in total. The van der Waals surface area contributed by atoms with E-state index < -0.39 is 0 Å². The first-order chi connectivity index (χ1) is 12.0. The Morgan fingerprint density at radius 1 is 1.24 bits per heavy atom. The van der Waals surface area contributed by atoms with Gasteiger partial charge in [0.1, 0.15) is 5.82 Å². The highest BCUT2D eigenvalue weighted by Crippen LogP contribution is 2.30. The smallest absolute Gasteiger partial charge is 0.239 e. The average molecular weight is 347 g/mol. The summed E-state index contributed by atoms with van der Waals surface area (Å²) in [5.41, 5.74) is 0. The van der Waals surface area contributed by atoms with Crippen molar-refractivity contribution in [1.29, 1.82) is 0 Å². The Balaban J connectivity index is 1.62. The molecule has 3 heterocycles. The Morgan fingerprint density at radius 2 is 1.96 bits per heavy atom. The van der Waals surface area contributed by atoms with E-state index in [0.717, 1.165) is 44.6 Å². The van der Waals surface area contributed by atoms with E-state index >= 15 is 0 Å². The van der Waals surface area contributed by atoms with Gasteiger partial charge in [0, 0.05) is 37.7 Å². The number of carbonyl (C=O) groups is 2. The summed E-state index contributed by atoms with van der Waals surface area (Å²) in [4.78, 5) is 28.7. The van der Waals surface area contributed by atoms with Crippen LogP contribution in [0, 0.1) is 0 Å². The predicted molar refractivity (Wildman–Crippen MR) is 96.2 cm³/mol. The second-order valence-electron chi connectivity index (χ2n) is 7.40. The minimum atomic E-state index is -0.0123. The highest BCUT2D eigenvalue weighted by atomic mass is 16.2. The maximum Gasteiger partial charge on any atom is 0.239 e. The molecule has 0 unspecified atom stereocenters. The van der Waals surface area contributed by atoms with Crippen LogP contribution in [-0.2, 0) is 9.59 Å². The molecule has 2 atom stereocenters. The van der Waals surface area contributed by atoms with Crippen LogP contribution in [0.5, 0.6) is 0 Å². The first kappa shape index (κ1) is 17.9. The lowest BCUT2D eigenvalue weighted by Gasteiger charge is -2.34. The molecular formula is C18H29N5O2. The first-order valence-corrected chi connectivity index (χ1v) is 9.32. The minimum Gasteiger partial charge on any atom is -0.338 e. The van der Waals surface area contributed by atoms with Crippen LogP contribution in [0.2, 0.25) is 0 Å². The maximum atomic E-state index is 12.5. The van der Waals surface area contributed by atoms with Crippen molar-refractivity contribution >= 4 is 17.6 Å². The van der Waals surface area contributed by atoms with Gasteiger partial charge in [0.15, 0.2) is 0 Å². The Hall–Kier alpha value is -1.89. The molecule has 25 heavy (non-hydrogen) atoms. The number of aromatic nitrogens is 2. The number of nitrogens with zero attached hydrogens (tertiary/aromatic N) is 4. The fourth-order valence-corrected chi connectivity index (χ4v) is 4.26. The third kappa shape index (κ3) is 3.86. The van der Waals surface area contributed by atoms with Crippen LogP contribution < -0.4 is 5.32 Å². The van der Waals surface area contributed by atoms with Crippen molar-refractivity contribution in [3.05, 3.63) is 12.3 Å². The SMILES string of the molecule is CC(=O)N1CCC[C@H]1[C@H]1CCCN1CC(=O)Nc1ccnn1C(C)C. The summed E-state index contributed by atoms with van der Waals surface area (Å²) in [5, 5.41) is 7.24. The van der Waals surface area contributed by atoms with Crippen molar-refractivity contribution in [2.45, 2.75) is 64.6 Å². The number of nitrogens with one attached hydrogen (secondary N) is 1. The molecule has 2 amide bonds. The van der Waals surface area contributed by atoms with Crippen molar-refractivity contribution in [2.24, 2.45) is 0 Å². The van der Waals surface area contributed by atoms with E-state index in [-0.39, 0.29) is 23.9 Å². The zero-order valence-corrected chi connectivity index (χ0v) is 15.4. The summed E-state index contributed by atoms with van der Waals surface area (Å²) in [5.74, 6) is 0.878. The van der Waals surface area contributed by atoms with Gasteiger partial charge in [0.2, 0.25) is 11.8 Å². The van der Waals surface area contributed by atoms with Crippen LogP contribution in [0.3, 0.4) is 0 Å². The Kier molecular flexibility index (Phi) is 5.42. The monoisotopic (exact) mass is 347 g/mol. The molecule has 0 radical (unpaired) electrons. The van der Waals surface area contributed by atoms with Crippen molar-refractivity contribution in [1.82, 2.24) is 19.6 Å². The standard InChI is InChI=1S/C18H29N5O2/c1-13(2)23-17(8-9-19-23)20-18(25)12-21-10-4-6-15(21)16-7-5-11-22(16)14(3)24/h8-9,13,15-16H,4-7,10-12H2,1-3H3,(H,20,25)/t15-,16+/m1/s1. The molecule has 1 N–H and O–H groups in total. The van der Waals surface area contributed by atoms with Gasteiger partial charge in [0.25, 0.3) is 0 Å². The molecule has 2 fully saturated rings. The van der Waals surface area contributed by atoms with Gasteiger partial charge in [-0.25, -0.2) is 4.68 Å². The molecular weight excluding hydrogens is 318 g/mol. The lowest BCUT2D eigenvalue weighted by molar-refractivity contribution is -0.130. The van der Waals surface area contributed by atoms with E-state index in [9.17, 15) is 9.59 Å². The van der Waals surface area contributed by atoms with Crippen molar-refractivity contribution in [3.63, 3.8) is 0 Å². The highest BCUT2D eigenvalue weighted by Gasteiger charge is 2.39. The fourth-order valence-electron chi connectivity index (χ4n) is 4.26. The molecule has 2 aliphatic rings. The number of amides is 2. The Labute approximate surface area is 149 Å². The fraction of sp³-hybridized carbons (Fsp3) is 0.722. The highest BCUT2D eigenvalue weighted by molar-refractivity contribution is 5.91. The van der Waals surface area contributed by atoms with E-state index in [1.165, 1.54) is 0 Å². The summed E-state index contributed by atoms with van der Waals surface area (Å²) < 4.78 is 1.81. The normalized spacial score (nSPS) is 24.2. The van der Waals surface area contributed by atoms with Gasteiger partial charge in [0.05, 0.1) is 12.7 Å². The largest absolute Gasteiger partial charge is 0.338 e. The van der Waals surface area contributed by atoms with Crippen LogP contribution >= 0.6 is 0 Å². The number of carbonyl (C=O) groups excluding carboxylic acids is 2. The van der Waals surface area contributed by atoms with E-state index in [1.54, 1.807) is 13.1 Å². The molecule has 2 saturated heterocycles. The third-order valence-corrected chi connectivity index (χ3v) is 5.34. The summed E-state index contributed by atoms with van der Waals surface area (Å²) >= 11 is 0. The lowest BCUT2D eigenvalue weighted by Crippen LogP contribution is -2.49. The van der Waals surface area contributed by atoms with Crippen molar-refractivity contribution < 1.29 is 9.59 Å². The van der Waals surface area contributed by atoms with Gasteiger partial charge in [-0.1, -0.05) is 0 Å². The Morgan fingerprint density at radius 3 is 2.68 bits per heavy atom. The van der Waals surface area contributed by atoms with Gasteiger partial charge in [-0.15, -0.1) is 0 Å². The summed E-state index contributed by atoms with van der Waals surface area (Å²) in [7, 11) is 0. The van der Waals surface area contributed by atoms with Crippen LogP contribution in [0.1, 0.15) is 52.5 Å². The topological polar surface area (TPSA) is 70.5 Å². The molecule has 0 aliphatic carbocycles. The quantitative estimate of drug-likeness (QED) is 0.883. The molecule has 138 valence electrons. The van der Waals surface area contributed by atoms with Gasteiger partial charge >= 0.3 is 0 Å². The molecule has 0 saturated carbocycles. The van der Waals surface area contributed by atoms with Crippen molar-refractivity contribution in [3.8, 4) is 0 Å². The van der Waals surface area contributed by atoms with Crippen LogP contribution in [0.4, 0.5) is 5.82 Å². The number of hydrogen-bond donors (Lipinski definition) is 1. The number of anilines is 1. The summed E-state index contributed by atoms with van der Waals surface area (Å²) in [6.45, 7) is 7.87. The summed E-state index contributed by atoms with van der Waals surface area (Å²) in [6, 6.07) is 2.59. The first-order valence-electron chi connectivity index (χ1n) is 9.32. The molecule has 0 aromatic carbocycles. The van der Waals surface area contributed by atoms with E-state index in [0.29, 0.717) is 12.6 Å². The molecule has 1 aromatic heterocycles. The molecule has 0 spiro atoms. The van der Waals surface area contributed by atoms with Gasteiger partial charge in [-0.05, 0) is 46.1 Å². The molecule has 3 rings (SSSR count). The predicted octanol–water partition coefficient (Wildman–Crippen LogP) is 1.88. The number of likely N-dealkylation sites (tertiary alicyclic amines) is 2. The van der Waals surface area contributed by atoms with Crippen molar-refractivity contribution in [2.75, 3.05) is 25.0 Å². The lowest BCUT2D eigenvalue weighted by atomic mass is 10.0. The minimum absolute atomic E-state index is 0.0123. The number of hydrogen-bond acceptors (Lipinski definition) is 4. The second-order valence-corrected chi connectivity index (χ2v) is 7.40. The molecule has 0 bridgehead atoms. The molecule has 2 aliphatic heterocycles. The zero-order chi connectivity index (χ0) is 18.0. The Bertz CT molecular complexity index is 627. The third-order valence-electron chi connectivity index (χ3n) is 5.34. The van der Waals surface area contributed by atoms with Crippen LogP contribution in [0.25, 0.3) is 0 Å². The number of rotatable bonds is 5. The van der Waals surface area contributed by atoms with E-state index in [4.69, 9.17) is 0 Å². The van der Waals surface area contributed by atoms with Gasteiger partial charge in [-0.2, -0.15) is 5.10 Å². The average Bonchev–Trinajstić information content (AvgIpc) is 3.25. The zero-order valence-electron chi connectivity index (χ0n) is 15.4. The molecule has 7 heteroatoms. The second kappa shape index (κ2) is 7.56. The van der Waals surface area contributed by atoms with E-state index in [1.807, 2.05) is 29.5 Å². The summed E-state index contributed by atoms with van der Waals surface area (Å²) in [6.07, 6.45) is 5.96. The van der Waals surface area contributed by atoms with Gasteiger partial charge < -0.3 is 10.2 Å². The van der Waals surface area contributed by atoms with E-state index in [2.05, 4.69) is 15.3 Å². The maximum absolute atomic E-state index is 12.5.